The summed E-state index contributed by atoms with van der Waals surface area (Å²) >= 11 is 0. The molecule has 2 N–H and O–H groups in total. The Morgan fingerprint density at radius 1 is 1.17 bits per heavy atom. The molecule has 0 spiro atoms. The fraction of sp³-hybridized carbons (Fsp3) is 0.611. The first-order chi connectivity index (χ1) is 10.7. The van der Waals surface area contributed by atoms with E-state index >= 15 is 0 Å². The molecular weight excluding hydrogens is 295 g/mol. The molecule has 0 aromatic heterocycles. The highest BCUT2D eigenvalue weighted by Crippen LogP contribution is 2.07. The minimum absolute atomic E-state index is 0.0374. The number of carbonyl (C=O) groups is 1. The van der Waals surface area contributed by atoms with E-state index < -0.39 is 5.60 Å². The van der Waals surface area contributed by atoms with Gasteiger partial charge in [-0.15, -0.1) is 0 Å². The van der Waals surface area contributed by atoms with Gasteiger partial charge >= 0.3 is 6.09 Å². The highest BCUT2D eigenvalue weighted by atomic mass is 19.1. The van der Waals surface area contributed by atoms with Crippen LogP contribution in [0.3, 0.4) is 0 Å². The molecule has 4 nitrogen and oxygen atoms in total. The van der Waals surface area contributed by atoms with Gasteiger partial charge in [-0.25, -0.2) is 9.18 Å². The third kappa shape index (κ3) is 9.18. The molecular formula is C18H29FN2O2. The molecule has 2 unspecified atom stereocenters. The Morgan fingerprint density at radius 2 is 1.78 bits per heavy atom. The standard InChI is InChI=1S/C18H29FN2O2/c1-13(21-17(22)23-18(3,4)5)10-11-20-14(2)12-15-6-8-16(19)9-7-15/h6-9,13-14,20H,10-12H2,1-5H3,(H,21,22). The monoisotopic (exact) mass is 324 g/mol. The summed E-state index contributed by atoms with van der Waals surface area (Å²) < 4.78 is 18.1. The molecule has 1 rings (SSSR count). The average molecular weight is 324 g/mol. The van der Waals surface area contributed by atoms with Gasteiger partial charge in [0.15, 0.2) is 0 Å². The van der Waals surface area contributed by atoms with Crippen LogP contribution in [-0.4, -0.2) is 30.3 Å². The fourth-order valence-corrected chi connectivity index (χ4v) is 2.17. The maximum absolute atomic E-state index is 12.9. The molecule has 1 aromatic rings. The predicted octanol–water partition coefficient (Wildman–Crippen LogP) is 3.65. The summed E-state index contributed by atoms with van der Waals surface area (Å²) in [5.74, 6) is -0.212. The minimum Gasteiger partial charge on any atom is -0.444 e. The Bertz CT molecular complexity index is 483. The zero-order valence-corrected chi connectivity index (χ0v) is 14.8. The number of nitrogens with one attached hydrogen (secondary N) is 2. The maximum atomic E-state index is 12.9. The Labute approximate surface area is 138 Å². The van der Waals surface area contributed by atoms with Gasteiger partial charge in [0.2, 0.25) is 0 Å². The first kappa shape index (κ1) is 19.4. The third-order valence-corrected chi connectivity index (χ3v) is 3.29. The Morgan fingerprint density at radius 3 is 2.35 bits per heavy atom. The van der Waals surface area contributed by atoms with Crippen LogP contribution in [0.25, 0.3) is 0 Å². The molecule has 5 heteroatoms. The molecule has 1 aromatic carbocycles. The number of hydrogen-bond acceptors (Lipinski definition) is 3. The van der Waals surface area contributed by atoms with E-state index in [0.29, 0.717) is 0 Å². The van der Waals surface area contributed by atoms with Crippen molar-refractivity contribution in [2.75, 3.05) is 6.54 Å². The first-order valence-electron chi connectivity index (χ1n) is 8.13. The van der Waals surface area contributed by atoms with Crippen LogP contribution in [-0.2, 0) is 11.2 Å². The number of ether oxygens (including phenoxy) is 1. The van der Waals surface area contributed by atoms with E-state index in [1.807, 2.05) is 27.7 Å². The number of halogens is 1. The molecule has 0 fully saturated rings. The molecule has 0 aliphatic heterocycles. The topological polar surface area (TPSA) is 50.4 Å². The van der Waals surface area contributed by atoms with Gasteiger partial charge in [0.1, 0.15) is 11.4 Å². The average Bonchev–Trinajstić information content (AvgIpc) is 2.39. The number of benzene rings is 1. The third-order valence-electron chi connectivity index (χ3n) is 3.29. The van der Waals surface area contributed by atoms with E-state index in [9.17, 15) is 9.18 Å². The Kier molecular flexibility index (Phi) is 7.49. The van der Waals surface area contributed by atoms with Crippen LogP contribution in [0.2, 0.25) is 0 Å². The van der Waals surface area contributed by atoms with Crippen LogP contribution in [0.4, 0.5) is 9.18 Å². The summed E-state index contributed by atoms with van der Waals surface area (Å²) in [6, 6.07) is 6.90. The Balaban J connectivity index is 2.22. The number of alkyl carbamates (subject to hydrolysis) is 1. The summed E-state index contributed by atoms with van der Waals surface area (Å²) in [6.45, 7) is 10.4. The highest BCUT2D eigenvalue weighted by molar-refractivity contribution is 5.67. The molecule has 2 atom stereocenters. The van der Waals surface area contributed by atoms with Crippen molar-refractivity contribution in [2.24, 2.45) is 0 Å². The normalized spacial score (nSPS) is 14.2. The summed E-state index contributed by atoms with van der Waals surface area (Å²) in [5.41, 5.74) is 0.623. The van der Waals surface area contributed by atoms with Crippen molar-refractivity contribution < 1.29 is 13.9 Å². The summed E-state index contributed by atoms with van der Waals surface area (Å²) in [4.78, 5) is 11.7. The van der Waals surface area contributed by atoms with Crippen molar-refractivity contribution in [3.05, 3.63) is 35.6 Å². The lowest BCUT2D eigenvalue weighted by atomic mass is 10.1. The molecule has 23 heavy (non-hydrogen) atoms. The Hall–Kier alpha value is -1.62. The van der Waals surface area contributed by atoms with Crippen LogP contribution in [0.15, 0.2) is 24.3 Å². The quantitative estimate of drug-likeness (QED) is 0.805. The molecule has 0 aliphatic rings. The molecule has 0 bridgehead atoms. The van der Waals surface area contributed by atoms with Crippen molar-refractivity contribution in [1.82, 2.24) is 10.6 Å². The molecule has 0 aliphatic carbocycles. The smallest absolute Gasteiger partial charge is 0.407 e. The largest absolute Gasteiger partial charge is 0.444 e. The van der Waals surface area contributed by atoms with Crippen molar-refractivity contribution in [2.45, 2.75) is 65.1 Å². The van der Waals surface area contributed by atoms with Crippen LogP contribution < -0.4 is 10.6 Å². The summed E-state index contributed by atoms with van der Waals surface area (Å²) in [5, 5.41) is 6.24. The lowest BCUT2D eigenvalue weighted by Crippen LogP contribution is -2.40. The van der Waals surface area contributed by atoms with Gasteiger partial charge in [-0.2, -0.15) is 0 Å². The maximum Gasteiger partial charge on any atom is 0.407 e. The number of rotatable bonds is 7. The fourth-order valence-electron chi connectivity index (χ4n) is 2.17. The molecule has 1 amide bonds. The second kappa shape index (κ2) is 8.87. The molecule has 0 heterocycles. The van der Waals surface area contributed by atoms with Gasteiger partial charge < -0.3 is 15.4 Å². The van der Waals surface area contributed by atoms with Gasteiger partial charge in [-0.1, -0.05) is 12.1 Å². The first-order valence-corrected chi connectivity index (χ1v) is 8.13. The van der Waals surface area contributed by atoms with Gasteiger partial charge in [0.05, 0.1) is 0 Å². The van der Waals surface area contributed by atoms with Crippen LogP contribution >= 0.6 is 0 Å². The number of amides is 1. The lowest BCUT2D eigenvalue weighted by molar-refractivity contribution is 0.0506. The second-order valence-corrected chi connectivity index (χ2v) is 7.02. The van der Waals surface area contributed by atoms with Crippen LogP contribution in [0.1, 0.15) is 46.6 Å². The van der Waals surface area contributed by atoms with Crippen LogP contribution in [0.5, 0.6) is 0 Å². The molecule has 0 saturated carbocycles. The van der Waals surface area contributed by atoms with Gasteiger partial charge in [-0.3, -0.25) is 0 Å². The van der Waals surface area contributed by atoms with E-state index in [2.05, 4.69) is 17.6 Å². The summed E-state index contributed by atoms with van der Waals surface area (Å²) in [7, 11) is 0. The predicted molar refractivity (Wildman–Crippen MR) is 91.0 cm³/mol. The van der Waals surface area contributed by atoms with Crippen molar-refractivity contribution >= 4 is 6.09 Å². The highest BCUT2D eigenvalue weighted by Gasteiger charge is 2.17. The van der Waals surface area contributed by atoms with Gasteiger partial charge in [0, 0.05) is 12.1 Å². The van der Waals surface area contributed by atoms with Crippen molar-refractivity contribution in [3.8, 4) is 0 Å². The second-order valence-electron chi connectivity index (χ2n) is 7.02. The molecule has 130 valence electrons. The van der Waals surface area contributed by atoms with Gasteiger partial charge in [0.25, 0.3) is 0 Å². The number of hydrogen-bond donors (Lipinski definition) is 2. The SMILES string of the molecule is CC(Cc1ccc(F)cc1)NCCC(C)NC(=O)OC(C)(C)C. The molecule has 0 saturated heterocycles. The van der Waals surface area contributed by atoms with E-state index in [1.165, 1.54) is 12.1 Å². The van der Waals surface area contributed by atoms with Crippen molar-refractivity contribution in [3.63, 3.8) is 0 Å². The van der Waals surface area contributed by atoms with E-state index in [4.69, 9.17) is 4.74 Å². The number of carbonyl (C=O) groups excluding carboxylic acids is 1. The van der Waals surface area contributed by atoms with Crippen molar-refractivity contribution in [1.29, 1.82) is 0 Å². The zero-order chi connectivity index (χ0) is 17.5. The van der Waals surface area contributed by atoms with Gasteiger partial charge in [-0.05, 0) is 71.7 Å². The van der Waals surface area contributed by atoms with E-state index in [1.54, 1.807) is 12.1 Å². The van der Waals surface area contributed by atoms with Crippen LogP contribution in [0, 0.1) is 5.82 Å². The minimum atomic E-state index is -0.480. The summed E-state index contributed by atoms with van der Waals surface area (Å²) in [6.07, 6.45) is 1.27. The van der Waals surface area contributed by atoms with E-state index in [0.717, 1.165) is 24.9 Å². The van der Waals surface area contributed by atoms with E-state index in [-0.39, 0.29) is 24.0 Å². The molecule has 0 radical (unpaired) electrons. The lowest BCUT2D eigenvalue weighted by Gasteiger charge is -2.22. The zero-order valence-electron chi connectivity index (χ0n) is 14.8.